The third kappa shape index (κ3) is 48.1. The first kappa shape index (κ1) is 60.6. The minimum atomic E-state index is -0.667. The Hall–Kier alpha value is -1.40. The Kier molecular flexibility index (Phi) is 51.0. The highest BCUT2D eigenvalue weighted by Gasteiger charge is 2.20. The van der Waals surface area contributed by atoms with Crippen LogP contribution < -0.4 is 5.32 Å². The highest BCUT2D eigenvalue weighted by atomic mass is 16.5. The van der Waals surface area contributed by atoms with E-state index in [1.165, 1.54) is 231 Å². The summed E-state index contributed by atoms with van der Waals surface area (Å²) in [5.74, 6) is -0.0448. The van der Waals surface area contributed by atoms with E-state index in [-0.39, 0.29) is 18.5 Å². The molecule has 368 valence electrons. The van der Waals surface area contributed by atoms with E-state index >= 15 is 0 Å². The smallest absolute Gasteiger partial charge is 0.305 e. The number of hydrogen-bond acceptors (Lipinski definition) is 5. The number of ether oxygens (including phenoxy) is 1. The van der Waals surface area contributed by atoms with Crippen molar-refractivity contribution in [2.75, 3.05) is 13.2 Å². The molecular weight excluding hydrogens is 767 g/mol. The molecular formula is C56H109NO5. The van der Waals surface area contributed by atoms with Gasteiger partial charge in [-0.2, -0.15) is 0 Å². The van der Waals surface area contributed by atoms with Gasteiger partial charge in [0.2, 0.25) is 5.91 Å². The fraction of sp³-hybridized carbons (Fsp3) is 0.929. The van der Waals surface area contributed by atoms with Crippen LogP contribution in [-0.4, -0.2) is 47.4 Å². The molecule has 0 aliphatic rings. The first-order valence-corrected chi connectivity index (χ1v) is 27.9. The normalized spacial score (nSPS) is 12.6. The number of carbonyl (C=O) groups excluding carboxylic acids is 2. The second-order valence-corrected chi connectivity index (χ2v) is 19.3. The lowest BCUT2D eigenvalue weighted by atomic mass is 10.0. The molecule has 1 amide bonds. The summed E-state index contributed by atoms with van der Waals surface area (Å²) in [6, 6.07) is -0.545. The predicted octanol–water partition coefficient (Wildman–Crippen LogP) is 16.9. The summed E-state index contributed by atoms with van der Waals surface area (Å²) in [4.78, 5) is 24.5. The highest BCUT2D eigenvalue weighted by Crippen LogP contribution is 2.17. The molecule has 62 heavy (non-hydrogen) atoms. The van der Waals surface area contributed by atoms with Gasteiger partial charge in [0.25, 0.3) is 0 Å². The summed E-state index contributed by atoms with van der Waals surface area (Å²) >= 11 is 0. The number of amides is 1. The van der Waals surface area contributed by atoms with E-state index < -0.39 is 12.1 Å². The van der Waals surface area contributed by atoms with Crippen LogP contribution in [0.15, 0.2) is 12.2 Å². The minimum absolute atomic E-state index is 0.00378. The van der Waals surface area contributed by atoms with E-state index in [4.69, 9.17) is 4.74 Å². The van der Waals surface area contributed by atoms with Crippen molar-refractivity contribution in [2.24, 2.45) is 0 Å². The summed E-state index contributed by atoms with van der Waals surface area (Å²) in [6.45, 7) is 4.94. The second-order valence-electron chi connectivity index (χ2n) is 19.3. The number of unbranched alkanes of at least 4 members (excludes halogenated alkanes) is 39. The van der Waals surface area contributed by atoms with Gasteiger partial charge >= 0.3 is 5.97 Å². The zero-order chi connectivity index (χ0) is 45.1. The Labute approximate surface area is 387 Å². The van der Waals surface area contributed by atoms with Gasteiger partial charge in [-0.05, 0) is 51.4 Å². The first-order chi connectivity index (χ1) is 30.5. The molecule has 2 unspecified atom stereocenters. The van der Waals surface area contributed by atoms with Gasteiger partial charge in [-0.25, -0.2) is 0 Å². The Morgan fingerprint density at radius 2 is 0.758 bits per heavy atom. The fourth-order valence-corrected chi connectivity index (χ4v) is 8.75. The van der Waals surface area contributed by atoms with Crippen LogP contribution >= 0.6 is 0 Å². The van der Waals surface area contributed by atoms with Crippen LogP contribution in [0.25, 0.3) is 0 Å². The van der Waals surface area contributed by atoms with E-state index in [0.29, 0.717) is 25.9 Å². The lowest BCUT2D eigenvalue weighted by molar-refractivity contribution is -0.143. The molecule has 0 aromatic rings. The number of carbonyl (C=O) groups is 2. The third-order valence-corrected chi connectivity index (χ3v) is 13.1. The number of aliphatic hydroxyl groups excluding tert-OH is 2. The lowest BCUT2D eigenvalue weighted by Crippen LogP contribution is -2.45. The van der Waals surface area contributed by atoms with Crippen LogP contribution in [0.1, 0.15) is 309 Å². The molecule has 0 aromatic heterocycles. The van der Waals surface area contributed by atoms with Gasteiger partial charge in [-0.1, -0.05) is 257 Å². The zero-order valence-corrected chi connectivity index (χ0v) is 41.9. The number of allylic oxidation sites excluding steroid dienone is 2. The van der Waals surface area contributed by atoms with Gasteiger partial charge in [-0.15, -0.1) is 0 Å². The molecule has 0 rings (SSSR count). The Morgan fingerprint density at radius 3 is 1.15 bits per heavy atom. The maximum absolute atomic E-state index is 12.4. The van der Waals surface area contributed by atoms with Crippen molar-refractivity contribution < 1.29 is 24.5 Å². The molecule has 0 bridgehead atoms. The SMILES string of the molecule is CCCCCCCCC/C=C\CCCCCCCC(=O)OCCCCCCCCCCCCCCCCCCC(=O)NC(CO)C(O)CCCCCCCCCCCCCCC. The van der Waals surface area contributed by atoms with E-state index in [1.54, 1.807) is 0 Å². The van der Waals surface area contributed by atoms with Crippen LogP contribution in [-0.2, 0) is 14.3 Å². The summed E-state index contributed by atoms with van der Waals surface area (Å²) in [6.07, 6.45) is 60.5. The van der Waals surface area contributed by atoms with Crippen LogP contribution in [0.3, 0.4) is 0 Å². The maximum Gasteiger partial charge on any atom is 0.305 e. The van der Waals surface area contributed by atoms with Crippen LogP contribution in [0.5, 0.6) is 0 Å². The van der Waals surface area contributed by atoms with Crippen LogP contribution in [0.2, 0.25) is 0 Å². The molecule has 0 aliphatic heterocycles. The van der Waals surface area contributed by atoms with Gasteiger partial charge in [0.1, 0.15) is 0 Å². The monoisotopic (exact) mass is 876 g/mol. The molecule has 0 spiro atoms. The second kappa shape index (κ2) is 52.2. The van der Waals surface area contributed by atoms with Crippen molar-refractivity contribution in [1.82, 2.24) is 5.32 Å². The van der Waals surface area contributed by atoms with Crippen molar-refractivity contribution in [1.29, 1.82) is 0 Å². The predicted molar refractivity (Wildman–Crippen MR) is 269 cm³/mol. The molecule has 6 heteroatoms. The molecule has 0 radical (unpaired) electrons. The molecule has 0 aromatic carbocycles. The number of rotatable bonds is 52. The van der Waals surface area contributed by atoms with Crippen molar-refractivity contribution in [3.05, 3.63) is 12.2 Å². The molecule has 0 aliphatic carbocycles. The molecule has 3 N–H and O–H groups in total. The van der Waals surface area contributed by atoms with Gasteiger partial charge in [-0.3, -0.25) is 9.59 Å². The maximum atomic E-state index is 12.4. The number of aliphatic hydroxyl groups is 2. The zero-order valence-electron chi connectivity index (χ0n) is 41.9. The van der Waals surface area contributed by atoms with E-state index in [9.17, 15) is 19.8 Å². The molecule has 6 nitrogen and oxygen atoms in total. The molecule has 0 saturated carbocycles. The summed E-state index contributed by atoms with van der Waals surface area (Å²) < 4.78 is 5.47. The first-order valence-electron chi connectivity index (χ1n) is 27.9. The van der Waals surface area contributed by atoms with Crippen molar-refractivity contribution in [3.8, 4) is 0 Å². The largest absolute Gasteiger partial charge is 0.466 e. The van der Waals surface area contributed by atoms with Gasteiger partial charge in [0, 0.05) is 12.8 Å². The van der Waals surface area contributed by atoms with Crippen molar-refractivity contribution in [2.45, 2.75) is 321 Å². The summed E-state index contributed by atoms with van der Waals surface area (Å²) in [5, 5.41) is 23.2. The quantitative estimate of drug-likeness (QED) is 0.0321. The van der Waals surface area contributed by atoms with Crippen LogP contribution in [0.4, 0.5) is 0 Å². The highest BCUT2D eigenvalue weighted by molar-refractivity contribution is 5.76. The Balaban J connectivity index is 3.41. The van der Waals surface area contributed by atoms with E-state index in [1.807, 2.05) is 0 Å². The third-order valence-electron chi connectivity index (χ3n) is 13.1. The van der Waals surface area contributed by atoms with Gasteiger partial charge in [0.15, 0.2) is 0 Å². The summed E-state index contributed by atoms with van der Waals surface area (Å²) in [7, 11) is 0. The Morgan fingerprint density at radius 1 is 0.435 bits per heavy atom. The number of hydrogen-bond donors (Lipinski definition) is 3. The van der Waals surface area contributed by atoms with Gasteiger partial charge < -0.3 is 20.3 Å². The van der Waals surface area contributed by atoms with Crippen molar-refractivity contribution in [3.63, 3.8) is 0 Å². The minimum Gasteiger partial charge on any atom is -0.466 e. The topological polar surface area (TPSA) is 95.9 Å². The molecule has 0 fully saturated rings. The summed E-state index contributed by atoms with van der Waals surface area (Å²) in [5.41, 5.74) is 0. The Bertz CT molecular complexity index is 924. The van der Waals surface area contributed by atoms with Crippen LogP contribution in [0, 0.1) is 0 Å². The number of esters is 1. The average Bonchev–Trinajstić information content (AvgIpc) is 3.27. The van der Waals surface area contributed by atoms with Gasteiger partial charge in [0.05, 0.1) is 25.4 Å². The molecule has 2 atom stereocenters. The molecule has 0 saturated heterocycles. The van der Waals surface area contributed by atoms with Crippen molar-refractivity contribution >= 4 is 11.9 Å². The fourth-order valence-electron chi connectivity index (χ4n) is 8.75. The standard InChI is InChI=1S/C56H109NO5/c1-3-5-7-9-11-13-15-17-18-22-26-30-34-38-42-46-50-56(61)62-51-47-43-39-35-31-27-23-20-19-21-25-29-33-37-41-45-49-55(60)57-53(52-58)54(59)48-44-40-36-32-28-24-16-14-12-10-8-6-4-2/h18,22,53-54,58-59H,3-17,19-21,23-52H2,1-2H3,(H,57,60)/b22-18-. The molecule has 0 heterocycles. The van der Waals surface area contributed by atoms with E-state index in [0.717, 1.165) is 44.9 Å². The average molecular weight is 876 g/mol. The lowest BCUT2D eigenvalue weighted by Gasteiger charge is -2.22. The van der Waals surface area contributed by atoms with E-state index in [2.05, 4.69) is 31.3 Å². The number of nitrogens with one attached hydrogen (secondary N) is 1.